The minimum absolute atomic E-state index is 0.139. The largest absolute Gasteiger partial charge is 0.296 e. The van der Waals surface area contributed by atoms with Crippen molar-refractivity contribution in [3.05, 3.63) is 22.4 Å². The van der Waals surface area contributed by atoms with Crippen LogP contribution < -0.4 is 0 Å². The molecular weight excluding hydrogens is 202 g/mol. The molecule has 68 valence electrons. The third kappa shape index (κ3) is 2.19. The van der Waals surface area contributed by atoms with E-state index in [1.807, 2.05) is 16.8 Å². The van der Waals surface area contributed by atoms with Crippen molar-refractivity contribution in [2.24, 2.45) is 4.99 Å². The number of carbonyl (C=O) groups is 1. The van der Waals surface area contributed by atoms with Crippen LogP contribution in [0.15, 0.2) is 21.8 Å². The van der Waals surface area contributed by atoms with Gasteiger partial charge in [0.15, 0.2) is 11.2 Å². The Hall–Kier alpha value is -0.610. The second-order valence-corrected chi connectivity index (χ2v) is 4.74. The van der Waals surface area contributed by atoms with E-state index in [9.17, 15) is 4.79 Å². The quantitative estimate of drug-likeness (QED) is 0.702. The minimum atomic E-state index is -0.139. The highest BCUT2D eigenvalue weighted by Crippen LogP contribution is 2.23. The summed E-state index contributed by atoms with van der Waals surface area (Å²) < 4.78 is 0. The summed E-state index contributed by atoms with van der Waals surface area (Å²) in [6.45, 7) is 0. The first-order chi connectivity index (χ1) is 6.36. The first-order valence-corrected chi connectivity index (χ1v) is 6.05. The van der Waals surface area contributed by atoms with Crippen LogP contribution in [0.4, 0.5) is 0 Å². The molecule has 0 spiro atoms. The summed E-state index contributed by atoms with van der Waals surface area (Å²) >= 11 is 3.27. The first-order valence-electron chi connectivity index (χ1n) is 4.06. The Kier molecular flexibility index (Phi) is 2.80. The summed E-state index contributed by atoms with van der Waals surface area (Å²) in [7, 11) is 0. The highest BCUT2D eigenvalue weighted by Gasteiger charge is 2.23. The van der Waals surface area contributed by atoms with E-state index in [4.69, 9.17) is 0 Å². The van der Waals surface area contributed by atoms with Crippen molar-refractivity contribution in [2.75, 3.05) is 5.75 Å². The molecule has 0 bridgehead atoms. The fourth-order valence-electron chi connectivity index (χ4n) is 1.12. The van der Waals surface area contributed by atoms with Crippen LogP contribution in [0.3, 0.4) is 0 Å². The van der Waals surface area contributed by atoms with Gasteiger partial charge >= 0.3 is 0 Å². The molecule has 0 aliphatic carbocycles. The van der Waals surface area contributed by atoms with Crippen LogP contribution >= 0.6 is 23.1 Å². The molecule has 13 heavy (non-hydrogen) atoms. The van der Waals surface area contributed by atoms with E-state index >= 15 is 0 Å². The van der Waals surface area contributed by atoms with E-state index in [1.54, 1.807) is 29.3 Å². The zero-order valence-corrected chi connectivity index (χ0v) is 8.61. The van der Waals surface area contributed by atoms with Crippen molar-refractivity contribution >= 4 is 35.1 Å². The molecule has 2 heterocycles. The van der Waals surface area contributed by atoms with E-state index in [1.165, 1.54) is 0 Å². The predicted molar refractivity (Wildman–Crippen MR) is 57.8 cm³/mol. The van der Waals surface area contributed by atoms with Gasteiger partial charge in [-0.25, -0.2) is 0 Å². The average molecular weight is 211 g/mol. The van der Waals surface area contributed by atoms with Crippen LogP contribution in [0.1, 0.15) is 12.0 Å². The Labute approximate surface area is 85.1 Å². The van der Waals surface area contributed by atoms with Gasteiger partial charge in [-0.15, -0.1) is 11.8 Å². The molecule has 2 nitrogen and oxygen atoms in total. The lowest BCUT2D eigenvalue weighted by molar-refractivity contribution is -0.117. The number of thioether (sulfide) groups is 1. The maximum absolute atomic E-state index is 11.2. The molecule has 1 unspecified atom stereocenters. The molecule has 0 radical (unpaired) electrons. The van der Waals surface area contributed by atoms with E-state index in [2.05, 4.69) is 4.99 Å². The van der Waals surface area contributed by atoms with Crippen molar-refractivity contribution in [2.45, 2.75) is 11.8 Å². The molecule has 1 aromatic heterocycles. The van der Waals surface area contributed by atoms with Gasteiger partial charge in [-0.2, -0.15) is 11.3 Å². The van der Waals surface area contributed by atoms with Gasteiger partial charge in [0.25, 0.3) is 0 Å². The molecule has 0 amide bonds. The summed E-state index contributed by atoms with van der Waals surface area (Å²) in [6, 6.07) is 2.00. The SMILES string of the molecule is O=C1CCSC1N=Cc1ccsc1. The fraction of sp³-hybridized carbons (Fsp3) is 0.333. The molecule has 1 fully saturated rings. The number of Topliss-reactive ketones (excluding diaryl/α,β-unsaturated/α-hetero) is 1. The minimum Gasteiger partial charge on any atom is -0.296 e. The molecule has 0 N–H and O–H groups in total. The van der Waals surface area contributed by atoms with Gasteiger partial charge in [-0.1, -0.05) is 0 Å². The Bertz CT molecular complexity index is 318. The third-order valence-corrected chi connectivity index (χ3v) is 3.64. The van der Waals surface area contributed by atoms with E-state index in [0.717, 1.165) is 11.3 Å². The van der Waals surface area contributed by atoms with Crippen LogP contribution in [0.2, 0.25) is 0 Å². The van der Waals surface area contributed by atoms with Gasteiger partial charge in [0, 0.05) is 24.0 Å². The second-order valence-electron chi connectivity index (χ2n) is 2.77. The van der Waals surface area contributed by atoms with Gasteiger partial charge in [0.1, 0.15) is 0 Å². The lowest BCUT2D eigenvalue weighted by Crippen LogP contribution is -2.06. The van der Waals surface area contributed by atoms with Crippen LogP contribution in [0, 0.1) is 0 Å². The summed E-state index contributed by atoms with van der Waals surface area (Å²) in [5, 5.41) is 3.89. The van der Waals surface area contributed by atoms with Gasteiger partial charge < -0.3 is 0 Å². The zero-order valence-electron chi connectivity index (χ0n) is 6.97. The topological polar surface area (TPSA) is 29.4 Å². The number of hydrogen-bond donors (Lipinski definition) is 0. The highest BCUT2D eigenvalue weighted by molar-refractivity contribution is 8.01. The Morgan fingerprint density at radius 3 is 3.15 bits per heavy atom. The molecule has 0 saturated carbocycles. The smallest absolute Gasteiger partial charge is 0.168 e. The van der Waals surface area contributed by atoms with Crippen molar-refractivity contribution < 1.29 is 4.79 Å². The molecule has 1 aliphatic rings. The molecule has 2 rings (SSSR count). The van der Waals surface area contributed by atoms with Crippen molar-refractivity contribution in [3.63, 3.8) is 0 Å². The Balaban J connectivity index is 2.01. The maximum Gasteiger partial charge on any atom is 0.168 e. The lowest BCUT2D eigenvalue weighted by Gasteiger charge is -1.97. The second kappa shape index (κ2) is 4.07. The number of rotatable bonds is 2. The standard InChI is InChI=1S/C9H9NOS2/c11-8-2-4-13-9(8)10-5-7-1-3-12-6-7/h1,3,5-6,9H,2,4H2. The highest BCUT2D eigenvalue weighted by atomic mass is 32.2. The molecule has 1 aliphatic heterocycles. The number of thiophene rings is 1. The normalized spacial score (nSPS) is 23.1. The maximum atomic E-state index is 11.2. The number of ketones is 1. The molecular formula is C9H9NOS2. The number of aliphatic imine (C=N–C) groups is 1. The third-order valence-electron chi connectivity index (χ3n) is 1.80. The Morgan fingerprint density at radius 1 is 1.62 bits per heavy atom. The lowest BCUT2D eigenvalue weighted by atomic mass is 10.3. The van der Waals surface area contributed by atoms with Crippen LogP contribution in [-0.2, 0) is 4.79 Å². The zero-order chi connectivity index (χ0) is 9.10. The van der Waals surface area contributed by atoms with Crippen molar-refractivity contribution in [1.29, 1.82) is 0 Å². The van der Waals surface area contributed by atoms with Gasteiger partial charge in [-0.3, -0.25) is 9.79 Å². The summed E-state index contributed by atoms with van der Waals surface area (Å²) in [4.78, 5) is 15.4. The van der Waals surface area contributed by atoms with Gasteiger partial charge in [0.2, 0.25) is 0 Å². The Morgan fingerprint density at radius 2 is 2.54 bits per heavy atom. The van der Waals surface area contributed by atoms with Gasteiger partial charge in [-0.05, 0) is 16.8 Å². The van der Waals surface area contributed by atoms with Crippen molar-refractivity contribution in [3.8, 4) is 0 Å². The summed E-state index contributed by atoms with van der Waals surface area (Å²) in [6.07, 6.45) is 2.47. The summed E-state index contributed by atoms with van der Waals surface area (Å²) in [5.74, 6) is 1.18. The monoisotopic (exact) mass is 211 g/mol. The van der Waals surface area contributed by atoms with Crippen LogP contribution in [0.25, 0.3) is 0 Å². The molecule has 0 aromatic carbocycles. The van der Waals surface area contributed by atoms with Crippen LogP contribution in [-0.4, -0.2) is 23.1 Å². The van der Waals surface area contributed by atoms with Gasteiger partial charge in [0.05, 0.1) is 0 Å². The molecule has 1 saturated heterocycles. The van der Waals surface area contributed by atoms with E-state index < -0.39 is 0 Å². The predicted octanol–water partition coefficient (Wildman–Crippen LogP) is 2.20. The molecule has 4 heteroatoms. The summed E-state index contributed by atoms with van der Waals surface area (Å²) in [5.41, 5.74) is 1.09. The number of carbonyl (C=O) groups excluding carboxylic acids is 1. The van der Waals surface area contributed by atoms with E-state index in [0.29, 0.717) is 6.42 Å². The van der Waals surface area contributed by atoms with E-state index in [-0.39, 0.29) is 11.2 Å². The number of hydrogen-bond acceptors (Lipinski definition) is 4. The fourth-order valence-corrected chi connectivity index (χ4v) is 2.72. The van der Waals surface area contributed by atoms with Crippen LogP contribution in [0.5, 0.6) is 0 Å². The first kappa shape index (κ1) is 8.97. The molecule has 1 atom stereocenters. The number of nitrogens with zero attached hydrogens (tertiary/aromatic N) is 1. The molecule has 1 aromatic rings. The average Bonchev–Trinajstić information content (AvgIpc) is 2.72. The van der Waals surface area contributed by atoms with Crippen molar-refractivity contribution in [1.82, 2.24) is 0 Å².